The highest BCUT2D eigenvalue weighted by atomic mass is 16.1. The van der Waals surface area contributed by atoms with Gasteiger partial charge in [-0.25, -0.2) is 9.97 Å². The molecule has 0 unspecified atom stereocenters. The topological polar surface area (TPSA) is 54.9 Å². The van der Waals surface area contributed by atoms with Gasteiger partial charge in [-0.2, -0.15) is 0 Å². The second kappa shape index (κ2) is 9.61. The molecule has 3 aromatic carbocycles. The Morgan fingerprint density at radius 3 is 1.77 bits per heavy atom. The SMILES string of the molecule is O=C(NCCc1cnc(-c2ccccc2)nc1)C(c1ccccc1)c1ccccc1. The van der Waals surface area contributed by atoms with E-state index in [9.17, 15) is 4.79 Å². The Kier molecular flexibility index (Phi) is 6.25. The minimum Gasteiger partial charge on any atom is -0.355 e. The summed E-state index contributed by atoms with van der Waals surface area (Å²) in [5.74, 6) is 0.370. The molecule has 4 heteroatoms. The van der Waals surface area contributed by atoms with Gasteiger partial charge in [-0.3, -0.25) is 4.79 Å². The number of carbonyl (C=O) groups is 1. The smallest absolute Gasteiger partial charge is 0.232 e. The van der Waals surface area contributed by atoms with Crippen molar-refractivity contribution in [2.75, 3.05) is 6.54 Å². The lowest BCUT2D eigenvalue weighted by Crippen LogP contribution is -2.31. The van der Waals surface area contributed by atoms with Crippen molar-refractivity contribution in [2.24, 2.45) is 0 Å². The van der Waals surface area contributed by atoms with Crippen LogP contribution in [-0.4, -0.2) is 22.4 Å². The van der Waals surface area contributed by atoms with Crippen molar-refractivity contribution >= 4 is 5.91 Å². The number of aromatic nitrogens is 2. The number of amides is 1. The molecular formula is C26H23N3O. The maximum Gasteiger partial charge on any atom is 0.232 e. The van der Waals surface area contributed by atoms with E-state index in [1.165, 1.54) is 0 Å². The average Bonchev–Trinajstić information content (AvgIpc) is 2.82. The van der Waals surface area contributed by atoms with Gasteiger partial charge in [-0.05, 0) is 23.1 Å². The fourth-order valence-corrected chi connectivity index (χ4v) is 3.44. The predicted molar refractivity (Wildman–Crippen MR) is 119 cm³/mol. The Balaban J connectivity index is 1.40. The normalized spacial score (nSPS) is 10.7. The van der Waals surface area contributed by atoms with Gasteiger partial charge in [0.1, 0.15) is 0 Å². The highest BCUT2D eigenvalue weighted by Gasteiger charge is 2.22. The minimum absolute atomic E-state index is 0.00535. The van der Waals surface area contributed by atoms with E-state index in [0.717, 1.165) is 22.3 Å². The second-order valence-corrected chi connectivity index (χ2v) is 7.08. The van der Waals surface area contributed by atoms with Crippen molar-refractivity contribution in [1.82, 2.24) is 15.3 Å². The lowest BCUT2D eigenvalue weighted by molar-refractivity contribution is -0.121. The molecule has 4 aromatic rings. The standard InChI is InChI=1S/C26H23N3O/c30-26(24(21-10-4-1-5-11-21)22-12-6-2-7-13-22)27-17-16-20-18-28-25(29-19-20)23-14-8-3-9-15-23/h1-15,18-19,24H,16-17H2,(H,27,30). The van der Waals surface area contributed by atoms with Crippen LogP contribution in [0.5, 0.6) is 0 Å². The molecule has 1 heterocycles. The van der Waals surface area contributed by atoms with Crippen LogP contribution in [0, 0.1) is 0 Å². The van der Waals surface area contributed by atoms with Crippen molar-refractivity contribution in [1.29, 1.82) is 0 Å². The third-order valence-corrected chi connectivity index (χ3v) is 4.98. The number of hydrogen-bond acceptors (Lipinski definition) is 3. The van der Waals surface area contributed by atoms with Gasteiger partial charge in [-0.1, -0.05) is 91.0 Å². The van der Waals surface area contributed by atoms with Crippen LogP contribution in [0.2, 0.25) is 0 Å². The minimum atomic E-state index is -0.330. The maximum atomic E-state index is 13.0. The molecule has 4 rings (SSSR count). The Labute approximate surface area is 176 Å². The van der Waals surface area contributed by atoms with E-state index >= 15 is 0 Å². The number of hydrogen-bond donors (Lipinski definition) is 1. The summed E-state index contributed by atoms with van der Waals surface area (Å²) in [6, 6.07) is 29.6. The molecule has 0 bridgehead atoms. The van der Waals surface area contributed by atoms with Gasteiger partial charge in [0.25, 0.3) is 0 Å². The quantitative estimate of drug-likeness (QED) is 0.498. The van der Waals surface area contributed by atoms with Gasteiger partial charge < -0.3 is 5.32 Å². The third-order valence-electron chi connectivity index (χ3n) is 4.98. The fraction of sp³-hybridized carbons (Fsp3) is 0.115. The number of carbonyl (C=O) groups excluding carboxylic acids is 1. The summed E-state index contributed by atoms with van der Waals surface area (Å²) in [6.45, 7) is 0.531. The average molecular weight is 393 g/mol. The van der Waals surface area contributed by atoms with Crippen LogP contribution in [0.3, 0.4) is 0 Å². The summed E-state index contributed by atoms with van der Waals surface area (Å²) in [4.78, 5) is 21.9. The van der Waals surface area contributed by atoms with Gasteiger partial charge in [0.2, 0.25) is 5.91 Å². The molecule has 1 N–H and O–H groups in total. The summed E-state index contributed by atoms with van der Waals surface area (Å²) in [7, 11) is 0. The van der Waals surface area contributed by atoms with E-state index in [1.54, 1.807) is 0 Å². The Bertz CT molecular complexity index is 1030. The van der Waals surface area contributed by atoms with Crippen molar-refractivity contribution in [2.45, 2.75) is 12.3 Å². The lowest BCUT2D eigenvalue weighted by atomic mass is 9.90. The van der Waals surface area contributed by atoms with E-state index in [4.69, 9.17) is 0 Å². The third kappa shape index (κ3) is 4.78. The Hall–Kier alpha value is -3.79. The van der Waals surface area contributed by atoms with Gasteiger partial charge in [-0.15, -0.1) is 0 Å². The summed E-state index contributed by atoms with van der Waals surface area (Å²) in [5.41, 5.74) is 3.95. The van der Waals surface area contributed by atoms with Gasteiger partial charge in [0.15, 0.2) is 5.82 Å². The zero-order chi connectivity index (χ0) is 20.6. The molecule has 0 saturated carbocycles. The molecule has 0 saturated heterocycles. The Morgan fingerprint density at radius 2 is 1.23 bits per heavy atom. The molecule has 0 aliphatic carbocycles. The molecule has 0 atom stereocenters. The van der Waals surface area contributed by atoms with Crippen molar-refractivity contribution in [3.8, 4) is 11.4 Å². The number of nitrogens with one attached hydrogen (secondary N) is 1. The van der Waals surface area contributed by atoms with Crippen LogP contribution in [-0.2, 0) is 11.2 Å². The van der Waals surface area contributed by atoms with E-state index in [-0.39, 0.29) is 11.8 Å². The first-order chi connectivity index (χ1) is 14.8. The molecule has 0 spiro atoms. The van der Waals surface area contributed by atoms with E-state index in [1.807, 2.05) is 103 Å². The Morgan fingerprint density at radius 1 is 0.733 bits per heavy atom. The largest absolute Gasteiger partial charge is 0.355 e. The van der Waals surface area contributed by atoms with Gasteiger partial charge in [0, 0.05) is 24.5 Å². The van der Waals surface area contributed by atoms with Crippen LogP contribution in [0.25, 0.3) is 11.4 Å². The number of nitrogens with zero attached hydrogens (tertiary/aromatic N) is 2. The van der Waals surface area contributed by atoms with E-state index in [0.29, 0.717) is 18.8 Å². The molecule has 0 fully saturated rings. The van der Waals surface area contributed by atoms with Crippen LogP contribution in [0.15, 0.2) is 103 Å². The van der Waals surface area contributed by atoms with Crippen LogP contribution >= 0.6 is 0 Å². The molecule has 0 aliphatic rings. The van der Waals surface area contributed by atoms with Gasteiger partial charge >= 0.3 is 0 Å². The summed E-state index contributed by atoms with van der Waals surface area (Å²) in [6.07, 6.45) is 4.33. The molecule has 1 aromatic heterocycles. The van der Waals surface area contributed by atoms with Crippen LogP contribution < -0.4 is 5.32 Å². The van der Waals surface area contributed by atoms with Gasteiger partial charge in [0.05, 0.1) is 5.92 Å². The highest BCUT2D eigenvalue weighted by Crippen LogP contribution is 2.24. The van der Waals surface area contributed by atoms with Crippen molar-refractivity contribution in [3.05, 3.63) is 120 Å². The molecule has 4 nitrogen and oxygen atoms in total. The van der Waals surface area contributed by atoms with Crippen LogP contribution in [0.4, 0.5) is 0 Å². The first-order valence-electron chi connectivity index (χ1n) is 10.1. The monoisotopic (exact) mass is 393 g/mol. The molecule has 0 aliphatic heterocycles. The van der Waals surface area contributed by atoms with Crippen LogP contribution in [0.1, 0.15) is 22.6 Å². The molecule has 30 heavy (non-hydrogen) atoms. The zero-order valence-electron chi connectivity index (χ0n) is 16.6. The molecule has 0 radical (unpaired) electrons. The first kappa shape index (κ1) is 19.5. The molecule has 1 amide bonds. The fourth-order valence-electron chi connectivity index (χ4n) is 3.44. The maximum absolute atomic E-state index is 13.0. The number of rotatable bonds is 7. The van der Waals surface area contributed by atoms with E-state index < -0.39 is 0 Å². The molecular weight excluding hydrogens is 370 g/mol. The second-order valence-electron chi connectivity index (χ2n) is 7.08. The summed E-state index contributed by atoms with van der Waals surface area (Å²) < 4.78 is 0. The van der Waals surface area contributed by atoms with Crippen molar-refractivity contribution < 1.29 is 4.79 Å². The van der Waals surface area contributed by atoms with Crippen molar-refractivity contribution in [3.63, 3.8) is 0 Å². The predicted octanol–water partition coefficient (Wildman–Crippen LogP) is 4.63. The number of benzene rings is 3. The lowest BCUT2D eigenvalue weighted by Gasteiger charge is -2.18. The highest BCUT2D eigenvalue weighted by molar-refractivity contribution is 5.87. The molecule has 148 valence electrons. The van der Waals surface area contributed by atoms with E-state index in [2.05, 4.69) is 15.3 Å². The first-order valence-corrected chi connectivity index (χ1v) is 10.1. The summed E-state index contributed by atoms with van der Waals surface area (Å²) in [5, 5.41) is 3.08. The summed E-state index contributed by atoms with van der Waals surface area (Å²) >= 11 is 0. The zero-order valence-corrected chi connectivity index (χ0v) is 16.6.